The van der Waals surface area contributed by atoms with Gasteiger partial charge in [-0.2, -0.15) is 0 Å². The van der Waals surface area contributed by atoms with Crippen molar-refractivity contribution in [3.63, 3.8) is 0 Å². The number of halogens is 1. The minimum absolute atomic E-state index is 0.406. The van der Waals surface area contributed by atoms with Crippen LogP contribution in [0.25, 0.3) is 0 Å². The number of hydrogen-bond acceptors (Lipinski definition) is 5. The average molecular weight is 382 g/mol. The van der Waals surface area contributed by atoms with Crippen LogP contribution in [0.15, 0.2) is 18.2 Å². The van der Waals surface area contributed by atoms with E-state index in [1.165, 1.54) is 0 Å². The Morgan fingerprint density at radius 1 is 1.19 bits per heavy atom. The number of carboxylic acid groups (broad SMARTS) is 1. The fourth-order valence-electron chi connectivity index (χ4n) is 3.03. The lowest BCUT2D eigenvalue weighted by Gasteiger charge is -2.31. The first-order valence-electron chi connectivity index (χ1n) is 8.53. The van der Waals surface area contributed by atoms with Gasteiger partial charge in [0.25, 0.3) is 5.91 Å². The molecule has 2 N–H and O–H groups in total. The first kappa shape index (κ1) is 20.0. The first-order chi connectivity index (χ1) is 12.3. The van der Waals surface area contributed by atoms with Crippen LogP contribution in [0.4, 0.5) is 0 Å². The normalized spacial score (nSPS) is 20.7. The number of hydrogen-bond donors (Lipinski definition) is 2. The molecule has 0 saturated heterocycles. The zero-order valence-corrected chi connectivity index (χ0v) is 15.5. The molecule has 7 nitrogen and oxygen atoms in total. The summed E-state index contributed by atoms with van der Waals surface area (Å²) in [5.74, 6) is -3.33. The molecule has 0 spiro atoms. The van der Waals surface area contributed by atoms with Crippen LogP contribution in [0.1, 0.15) is 38.2 Å². The standard InChI is InChI=1S/C18H23ClN2O5/c1-10-9-12(19)7-8-15(10)26-11(2)16(22)20-21-17(23)13-5-3-4-6-14(13)18(24)25/h7-9,11,13-14H,3-6H2,1-2H3,(H,20,22)(H,21,23)(H,24,25)/p-1/t11-,13-,14-/m0/s1. The molecule has 1 fully saturated rings. The third-order valence-corrected chi connectivity index (χ3v) is 4.76. The first-order valence-corrected chi connectivity index (χ1v) is 8.90. The second kappa shape index (κ2) is 8.89. The van der Waals surface area contributed by atoms with E-state index in [9.17, 15) is 19.5 Å². The lowest BCUT2D eigenvalue weighted by Crippen LogP contribution is -2.52. The SMILES string of the molecule is Cc1cc(Cl)ccc1O[C@@H](C)C(=O)NNC(=O)[C@H]1CCCC[C@@H]1C(=O)[O-]. The summed E-state index contributed by atoms with van der Waals surface area (Å²) in [6, 6.07) is 5.03. The van der Waals surface area contributed by atoms with Gasteiger partial charge in [0.15, 0.2) is 6.10 Å². The predicted molar refractivity (Wildman–Crippen MR) is 93.0 cm³/mol. The van der Waals surface area contributed by atoms with Crippen molar-refractivity contribution < 1.29 is 24.2 Å². The largest absolute Gasteiger partial charge is 0.550 e. The second-order valence-corrected chi connectivity index (χ2v) is 6.90. The van der Waals surface area contributed by atoms with Gasteiger partial charge in [0.2, 0.25) is 5.91 Å². The summed E-state index contributed by atoms with van der Waals surface area (Å²) in [5.41, 5.74) is 5.36. The maximum absolute atomic E-state index is 12.2. The fourth-order valence-corrected chi connectivity index (χ4v) is 3.26. The fraction of sp³-hybridized carbons (Fsp3) is 0.500. The van der Waals surface area contributed by atoms with Crippen LogP contribution in [0.5, 0.6) is 5.75 Å². The number of amides is 2. The van der Waals surface area contributed by atoms with Crippen molar-refractivity contribution in [3.05, 3.63) is 28.8 Å². The highest BCUT2D eigenvalue weighted by atomic mass is 35.5. The van der Waals surface area contributed by atoms with Crippen molar-refractivity contribution in [2.24, 2.45) is 11.8 Å². The third kappa shape index (κ3) is 5.11. The lowest BCUT2D eigenvalue weighted by atomic mass is 9.79. The summed E-state index contributed by atoms with van der Waals surface area (Å²) >= 11 is 5.88. The van der Waals surface area contributed by atoms with E-state index in [0.29, 0.717) is 23.6 Å². The van der Waals surface area contributed by atoms with Crippen molar-refractivity contribution in [2.75, 3.05) is 0 Å². The van der Waals surface area contributed by atoms with E-state index in [2.05, 4.69) is 10.9 Å². The molecule has 3 atom stereocenters. The molecule has 0 radical (unpaired) electrons. The molecule has 1 aromatic rings. The van der Waals surface area contributed by atoms with E-state index in [4.69, 9.17) is 16.3 Å². The zero-order chi connectivity index (χ0) is 19.3. The summed E-state index contributed by atoms with van der Waals surface area (Å²) in [6.07, 6.45) is 1.52. The Morgan fingerprint density at radius 2 is 1.85 bits per heavy atom. The van der Waals surface area contributed by atoms with Crippen LogP contribution >= 0.6 is 11.6 Å². The van der Waals surface area contributed by atoms with Gasteiger partial charge in [-0.05, 0) is 50.5 Å². The van der Waals surface area contributed by atoms with Crippen LogP contribution in [-0.2, 0) is 14.4 Å². The molecule has 0 heterocycles. The van der Waals surface area contributed by atoms with Gasteiger partial charge in [0.05, 0.1) is 0 Å². The number of carboxylic acids is 1. The Kier molecular flexibility index (Phi) is 6.85. The number of ether oxygens (including phenoxy) is 1. The molecule has 0 aliphatic heterocycles. The van der Waals surface area contributed by atoms with E-state index >= 15 is 0 Å². The number of aryl methyl sites for hydroxylation is 1. The topological polar surface area (TPSA) is 108 Å². The molecular weight excluding hydrogens is 360 g/mol. The Balaban J connectivity index is 1.88. The average Bonchev–Trinajstić information content (AvgIpc) is 2.61. The molecule has 2 amide bonds. The summed E-state index contributed by atoms with van der Waals surface area (Å²) in [5, 5.41) is 11.7. The van der Waals surface area contributed by atoms with Crippen LogP contribution < -0.4 is 20.7 Å². The summed E-state index contributed by atoms with van der Waals surface area (Å²) in [7, 11) is 0. The number of carbonyl (C=O) groups excluding carboxylic acids is 3. The number of aliphatic carboxylic acids is 1. The molecule has 1 aliphatic carbocycles. The van der Waals surface area contributed by atoms with Gasteiger partial charge in [-0.25, -0.2) is 0 Å². The van der Waals surface area contributed by atoms with Gasteiger partial charge in [-0.15, -0.1) is 0 Å². The Bertz CT molecular complexity index is 694. The molecule has 8 heteroatoms. The van der Waals surface area contributed by atoms with Crippen molar-refractivity contribution in [2.45, 2.75) is 45.6 Å². The van der Waals surface area contributed by atoms with Crippen molar-refractivity contribution in [1.29, 1.82) is 0 Å². The van der Waals surface area contributed by atoms with Crippen LogP contribution in [0.2, 0.25) is 5.02 Å². The molecule has 0 bridgehead atoms. The molecule has 2 rings (SSSR count). The van der Waals surface area contributed by atoms with Gasteiger partial charge in [-0.3, -0.25) is 20.4 Å². The molecular formula is C18H22ClN2O5-. The van der Waals surface area contributed by atoms with Crippen LogP contribution in [-0.4, -0.2) is 23.9 Å². The molecule has 1 saturated carbocycles. The quantitative estimate of drug-likeness (QED) is 0.743. The van der Waals surface area contributed by atoms with E-state index < -0.39 is 35.7 Å². The highest BCUT2D eigenvalue weighted by Gasteiger charge is 2.32. The summed E-state index contributed by atoms with van der Waals surface area (Å²) < 4.78 is 5.57. The number of benzene rings is 1. The minimum atomic E-state index is -1.23. The molecule has 0 aromatic heterocycles. The van der Waals surface area contributed by atoms with Crippen LogP contribution in [0, 0.1) is 18.8 Å². The van der Waals surface area contributed by atoms with E-state index in [-0.39, 0.29) is 0 Å². The maximum Gasteiger partial charge on any atom is 0.279 e. The van der Waals surface area contributed by atoms with Gasteiger partial charge >= 0.3 is 0 Å². The number of nitrogens with one attached hydrogen (secondary N) is 2. The molecule has 0 unspecified atom stereocenters. The highest BCUT2D eigenvalue weighted by molar-refractivity contribution is 6.30. The monoisotopic (exact) mass is 381 g/mol. The van der Waals surface area contributed by atoms with Gasteiger partial charge in [-0.1, -0.05) is 24.4 Å². The van der Waals surface area contributed by atoms with Gasteiger partial charge < -0.3 is 14.6 Å². The number of rotatable bonds is 5. The van der Waals surface area contributed by atoms with Crippen molar-refractivity contribution in [1.82, 2.24) is 10.9 Å². The minimum Gasteiger partial charge on any atom is -0.550 e. The molecule has 1 aliphatic rings. The Hall–Kier alpha value is -2.28. The van der Waals surface area contributed by atoms with Crippen LogP contribution in [0.3, 0.4) is 0 Å². The number of hydrazine groups is 1. The molecule has 26 heavy (non-hydrogen) atoms. The lowest BCUT2D eigenvalue weighted by molar-refractivity contribution is -0.314. The van der Waals surface area contributed by atoms with Crippen molar-refractivity contribution >= 4 is 29.4 Å². The van der Waals surface area contributed by atoms with Gasteiger partial charge in [0, 0.05) is 22.8 Å². The van der Waals surface area contributed by atoms with E-state index in [1.807, 2.05) is 0 Å². The Labute approximate surface area is 157 Å². The smallest absolute Gasteiger partial charge is 0.279 e. The summed E-state index contributed by atoms with van der Waals surface area (Å²) in [4.78, 5) is 35.5. The number of carbonyl (C=O) groups is 3. The van der Waals surface area contributed by atoms with E-state index in [0.717, 1.165) is 18.4 Å². The second-order valence-electron chi connectivity index (χ2n) is 6.46. The highest BCUT2D eigenvalue weighted by Crippen LogP contribution is 2.29. The predicted octanol–water partition coefficient (Wildman–Crippen LogP) is 1.12. The van der Waals surface area contributed by atoms with E-state index in [1.54, 1.807) is 32.0 Å². The molecule has 142 valence electrons. The molecule has 1 aromatic carbocycles. The third-order valence-electron chi connectivity index (χ3n) is 4.52. The summed E-state index contributed by atoms with van der Waals surface area (Å²) in [6.45, 7) is 3.34. The maximum atomic E-state index is 12.2. The zero-order valence-electron chi connectivity index (χ0n) is 14.7. The Morgan fingerprint density at radius 3 is 2.46 bits per heavy atom. The van der Waals surface area contributed by atoms with Gasteiger partial charge in [0.1, 0.15) is 5.75 Å². The van der Waals surface area contributed by atoms with Crippen molar-refractivity contribution in [3.8, 4) is 5.75 Å².